The summed E-state index contributed by atoms with van der Waals surface area (Å²) in [6.45, 7) is 1.13. The van der Waals surface area contributed by atoms with Gasteiger partial charge < -0.3 is 15.4 Å². The third-order valence-corrected chi connectivity index (χ3v) is 4.44. The van der Waals surface area contributed by atoms with Crippen LogP contribution in [-0.4, -0.2) is 25.6 Å². The lowest BCUT2D eigenvalue weighted by atomic mass is 9.97. The SMILES string of the molecule is COc1ccc(CNC(=O)C[NH2+]C2CCCCCCC2)cc1. The van der Waals surface area contributed by atoms with Gasteiger partial charge >= 0.3 is 0 Å². The largest absolute Gasteiger partial charge is 0.497 e. The van der Waals surface area contributed by atoms with Crippen molar-refractivity contribution in [3.8, 4) is 5.75 Å². The summed E-state index contributed by atoms with van der Waals surface area (Å²) in [5, 5.41) is 5.22. The smallest absolute Gasteiger partial charge is 0.275 e. The van der Waals surface area contributed by atoms with Crippen LogP contribution in [0.5, 0.6) is 5.75 Å². The molecule has 0 aromatic heterocycles. The van der Waals surface area contributed by atoms with Crippen LogP contribution in [0.1, 0.15) is 50.5 Å². The Kier molecular flexibility index (Phi) is 7.23. The first kappa shape index (κ1) is 16.8. The van der Waals surface area contributed by atoms with Crippen molar-refractivity contribution in [2.24, 2.45) is 0 Å². The first-order valence-corrected chi connectivity index (χ1v) is 8.51. The molecule has 1 aromatic carbocycles. The maximum absolute atomic E-state index is 12.0. The van der Waals surface area contributed by atoms with Crippen LogP contribution in [0.25, 0.3) is 0 Å². The molecule has 0 aliphatic heterocycles. The molecular weight excluding hydrogens is 276 g/mol. The maximum atomic E-state index is 12.0. The lowest BCUT2D eigenvalue weighted by Crippen LogP contribution is -2.92. The fraction of sp³-hybridized carbons (Fsp3) is 0.611. The molecule has 1 aliphatic carbocycles. The summed E-state index contributed by atoms with van der Waals surface area (Å²) in [5.41, 5.74) is 1.10. The number of rotatable bonds is 6. The Labute approximate surface area is 133 Å². The van der Waals surface area contributed by atoms with Crippen molar-refractivity contribution in [2.45, 2.75) is 57.5 Å². The van der Waals surface area contributed by atoms with Crippen LogP contribution in [0, 0.1) is 0 Å². The van der Waals surface area contributed by atoms with Gasteiger partial charge in [0.25, 0.3) is 5.91 Å². The van der Waals surface area contributed by atoms with Gasteiger partial charge in [-0.15, -0.1) is 0 Å². The van der Waals surface area contributed by atoms with E-state index in [1.165, 1.54) is 44.9 Å². The van der Waals surface area contributed by atoms with E-state index in [0.717, 1.165) is 11.3 Å². The summed E-state index contributed by atoms with van der Waals surface area (Å²) < 4.78 is 5.13. The molecule has 4 heteroatoms. The van der Waals surface area contributed by atoms with E-state index in [9.17, 15) is 4.79 Å². The van der Waals surface area contributed by atoms with Crippen LogP contribution in [0.2, 0.25) is 0 Å². The number of amides is 1. The molecule has 0 bridgehead atoms. The van der Waals surface area contributed by atoms with Gasteiger partial charge in [0.15, 0.2) is 6.54 Å². The number of ether oxygens (including phenoxy) is 1. The molecule has 122 valence electrons. The molecule has 1 aromatic rings. The summed E-state index contributed by atoms with van der Waals surface area (Å²) in [5.74, 6) is 0.963. The van der Waals surface area contributed by atoms with Gasteiger partial charge in [-0.2, -0.15) is 0 Å². The average Bonchev–Trinajstić information content (AvgIpc) is 2.52. The van der Waals surface area contributed by atoms with Gasteiger partial charge in [0, 0.05) is 6.54 Å². The molecule has 22 heavy (non-hydrogen) atoms. The predicted octanol–water partition coefficient (Wildman–Crippen LogP) is 1.99. The zero-order valence-electron chi connectivity index (χ0n) is 13.6. The third-order valence-electron chi connectivity index (χ3n) is 4.44. The van der Waals surface area contributed by atoms with Gasteiger partial charge in [-0.3, -0.25) is 4.79 Å². The van der Waals surface area contributed by atoms with Crippen molar-refractivity contribution in [3.63, 3.8) is 0 Å². The van der Waals surface area contributed by atoms with E-state index in [0.29, 0.717) is 19.1 Å². The van der Waals surface area contributed by atoms with Gasteiger partial charge in [-0.05, 0) is 43.4 Å². The van der Waals surface area contributed by atoms with Gasteiger partial charge in [0.05, 0.1) is 13.2 Å². The minimum Gasteiger partial charge on any atom is -0.497 e. The molecule has 0 saturated heterocycles. The fourth-order valence-electron chi connectivity index (χ4n) is 3.01. The van der Waals surface area contributed by atoms with Gasteiger partial charge in [0.1, 0.15) is 5.75 Å². The molecule has 1 aliphatic rings. The predicted molar refractivity (Wildman–Crippen MR) is 87.7 cm³/mol. The van der Waals surface area contributed by atoms with Crippen molar-refractivity contribution in [1.29, 1.82) is 0 Å². The van der Waals surface area contributed by atoms with Gasteiger partial charge in [0.2, 0.25) is 0 Å². The van der Waals surface area contributed by atoms with Crippen molar-refractivity contribution in [3.05, 3.63) is 29.8 Å². The molecule has 1 fully saturated rings. The highest BCUT2D eigenvalue weighted by Crippen LogP contribution is 2.15. The van der Waals surface area contributed by atoms with Crippen LogP contribution in [0.15, 0.2) is 24.3 Å². The zero-order chi connectivity index (χ0) is 15.6. The second-order valence-corrected chi connectivity index (χ2v) is 6.17. The van der Waals surface area contributed by atoms with Gasteiger partial charge in [-0.25, -0.2) is 0 Å². The Morgan fingerprint density at radius 1 is 1.14 bits per heavy atom. The number of methoxy groups -OCH3 is 1. The first-order chi connectivity index (χ1) is 10.8. The maximum Gasteiger partial charge on any atom is 0.275 e. The monoisotopic (exact) mass is 305 g/mol. The molecule has 0 unspecified atom stereocenters. The molecule has 3 N–H and O–H groups in total. The highest BCUT2D eigenvalue weighted by molar-refractivity contribution is 5.76. The molecule has 0 atom stereocenters. The fourth-order valence-corrected chi connectivity index (χ4v) is 3.01. The average molecular weight is 305 g/mol. The molecule has 1 amide bonds. The standard InChI is InChI=1S/C18H28N2O2/c1-22-17-11-9-15(10-12-17)13-20-18(21)14-19-16-7-5-3-2-4-6-8-16/h9-12,16,19H,2-8,13-14H2,1H3,(H,20,21)/p+1. The van der Waals surface area contributed by atoms with Crippen molar-refractivity contribution in [2.75, 3.05) is 13.7 Å². The lowest BCUT2D eigenvalue weighted by Gasteiger charge is -2.18. The molecule has 4 nitrogen and oxygen atoms in total. The Morgan fingerprint density at radius 2 is 1.77 bits per heavy atom. The number of hydrogen-bond acceptors (Lipinski definition) is 2. The molecule has 0 radical (unpaired) electrons. The molecule has 2 rings (SSSR count). The molecule has 1 saturated carbocycles. The lowest BCUT2D eigenvalue weighted by molar-refractivity contribution is -0.680. The van der Waals surface area contributed by atoms with Crippen LogP contribution in [-0.2, 0) is 11.3 Å². The summed E-state index contributed by atoms with van der Waals surface area (Å²) >= 11 is 0. The van der Waals surface area contributed by atoms with Crippen LogP contribution in [0.4, 0.5) is 0 Å². The van der Waals surface area contributed by atoms with E-state index in [2.05, 4.69) is 10.6 Å². The number of benzene rings is 1. The zero-order valence-corrected chi connectivity index (χ0v) is 13.6. The second-order valence-electron chi connectivity index (χ2n) is 6.17. The van der Waals surface area contributed by atoms with Crippen molar-refractivity contribution < 1.29 is 14.8 Å². The quantitative estimate of drug-likeness (QED) is 0.844. The van der Waals surface area contributed by atoms with E-state index >= 15 is 0 Å². The van der Waals surface area contributed by atoms with Crippen molar-refractivity contribution in [1.82, 2.24) is 5.32 Å². The number of quaternary nitrogens is 1. The summed E-state index contributed by atoms with van der Waals surface area (Å²) in [6.07, 6.45) is 9.23. The summed E-state index contributed by atoms with van der Waals surface area (Å²) in [4.78, 5) is 12.0. The normalized spacial score (nSPS) is 16.6. The molecule has 0 spiro atoms. The number of carbonyl (C=O) groups excluding carboxylic acids is 1. The van der Waals surface area contributed by atoms with E-state index < -0.39 is 0 Å². The summed E-state index contributed by atoms with van der Waals surface area (Å²) in [6, 6.07) is 8.44. The highest BCUT2D eigenvalue weighted by atomic mass is 16.5. The highest BCUT2D eigenvalue weighted by Gasteiger charge is 2.15. The minimum atomic E-state index is 0.123. The number of nitrogens with one attached hydrogen (secondary N) is 1. The third kappa shape index (κ3) is 6.06. The Hall–Kier alpha value is -1.55. The van der Waals surface area contributed by atoms with E-state index in [-0.39, 0.29) is 5.91 Å². The Morgan fingerprint density at radius 3 is 2.41 bits per heavy atom. The van der Waals surface area contributed by atoms with Gasteiger partial charge in [-0.1, -0.05) is 31.4 Å². The van der Waals surface area contributed by atoms with E-state index in [4.69, 9.17) is 4.74 Å². The van der Waals surface area contributed by atoms with E-state index in [1.807, 2.05) is 24.3 Å². The Balaban J connectivity index is 1.66. The van der Waals surface area contributed by atoms with Crippen LogP contribution < -0.4 is 15.4 Å². The summed E-state index contributed by atoms with van der Waals surface area (Å²) in [7, 11) is 1.65. The second kappa shape index (κ2) is 9.46. The topological polar surface area (TPSA) is 54.9 Å². The number of hydrogen-bond donors (Lipinski definition) is 2. The van der Waals surface area contributed by atoms with Crippen molar-refractivity contribution >= 4 is 5.91 Å². The van der Waals surface area contributed by atoms with E-state index in [1.54, 1.807) is 7.11 Å². The van der Waals surface area contributed by atoms with Crippen LogP contribution in [0.3, 0.4) is 0 Å². The molecule has 0 heterocycles. The minimum absolute atomic E-state index is 0.123. The molecular formula is C18H29N2O2+. The first-order valence-electron chi connectivity index (χ1n) is 8.51. The number of carbonyl (C=O) groups is 1. The van der Waals surface area contributed by atoms with Crippen LogP contribution >= 0.6 is 0 Å². The number of nitrogens with two attached hydrogens (primary N) is 1. The Bertz CT molecular complexity index is 437.